The van der Waals surface area contributed by atoms with Crippen molar-refractivity contribution in [2.45, 2.75) is 46.1 Å². The van der Waals surface area contributed by atoms with E-state index in [1.807, 2.05) is 13.8 Å². The van der Waals surface area contributed by atoms with Gasteiger partial charge in [0.25, 0.3) is 5.91 Å². The Morgan fingerprint density at radius 2 is 2.06 bits per heavy atom. The number of likely N-dealkylation sites (tertiary alicyclic amines) is 1. The molecular weight excluding hydrogens is 230 g/mol. The maximum atomic E-state index is 11.7. The Morgan fingerprint density at radius 3 is 2.67 bits per heavy atom. The largest absolute Gasteiger partial charge is 0.338 e. The molecule has 5 nitrogen and oxygen atoms in total. The van der Waals surface area contributed by atoms with Gasteiger partial charge in [0.15, 0.2) is 6.54 Å². The molecule has 0 radical (unpaired) electrons. The summed E-state index contributed by atoms with van der Waals surface area (Å²) in [6, 6.07) is 0.140. The highest BCUT2D eigenvalue weighted by Crippen LogP contribution is 2.01. The van der Waals surface area contributed by atoms with E-state index in [2.05, 4.69) is 17.6 Å². The molecule has 0 aliphatic carbocycles. The number of nitrogens with one attached hydrogen (secondary N) is 3. The van der Waals surface area contributed by atoms with Crippen molar-refractivity contribution >= 4 is 11.9 Å². The molecule has 1 aliphatic rings. The highest BCUT2D eigenvalue weighted by molar-refractivity contribution is 5.94. The monoisotopic (exact) mass is 256 g/mol. The Labute approximate surface area is 109 Å². The molecule has 0 saturated carbocycles. The predicted molar refractivity (Wildman–Crippen MR) is 70.4 cm³/mol. The molecule has 1 fully saturated rings. The number of hydrogen-bond donors (Lipinski definition) is 3. The average molecular weight is 256 g/mol. The van der Waals surface area contributed by atoms with Crippen LogP contribution in [-0.2, 0) is 4.79 Å². The number of piperidine rings is 1. The Hall–Kier alpha value is -1.10. The summed E-state index contributed by atoms with van der Waals surface area (Å²) in [6.07, 6.45) is 3.59. The third-order valence-electron chi connectivity index (χ3n) is 3.39. The van der Waals surface area contributed by atoms with E-state index in [-0.39, 0.29) is 11.9 Å². The highest BCUT2D eigenvalue weighted by Gasteiger charge is 2.24. The minimum atomic E-state index is -0.377. The van der Waals surface area contributed by atoms with Crippen molar-refractivity contribution in [2.75, 3.05) is 19.6 Å². The zero-order chi connectivity index (χ0) is 13.5. The van der Waals surface area contributed by atoms with Crippen molar-refractivity contribution in [1.29, 1.82) is 0 Å². The smallest absolute Gasteiger partial charge is 0.321 e. The van der Waals surface area contributed by atoms with E-state index in [1.165, 1.54) is 24.2 Å². The molecule has 3 amide bonds. The van der Waals surface area contributed by atoms with Gasteiger partial charge in [-0.2, -0.15) is 0 Å². The van der Waals surface area contributed by atoms with Crippen LogP contribution < -0.4 is 15.5 Å². The molecule has 1 aliphatic heterocycles. The van der Waals surface area contributed by atoms with Gasteiger partial charge in [0.05, 0.1) is 12.6 Å². The van der Waals surface area contributed by atoms with E-state index >= 15 is 0 Å². The van der Waals surface area contributed by atoms with Crippen molar-refractivity contribution in [1.82, 2.24) is 10.6 Å². The Morgan fingerprint density at radius 1 is 1.33 bits per heavy atom. The van der Waals surface area contributed by atoms with Gasteiger partial charge in [-0.15, -0.1) is 0 Å². The first-order chi connectivity index (χ1) is 8.49. The van der Waals surface area contributed by atoms with Crippen LogP contribution in [0.25, 0.3) is 0 Å². The molecule has 18 heavy (non-hydrogen) atoms. The van der Waals surface area contributed by atoms with Crippen LogP contribution >= 0.6 is 0 Å². The first-order valence-electron chi connectivity index (χ1n) is 6.91. The van der Waals surface area contributed by atoms with E-state index in [1.54, 1.807) is 0 Å². The van der Waals surface area contributed by atoms with Crippen molar-refractivity contribution in [3.8, 4) is 0 Å². The maximum absolute atomic E-state index is 11.7. The minimum absolute atomic E-state index is 0.181. The molecule has 0 aromatic heterocycles. The van der Waals surface area contributed by atoms with E-state index in [0.717, 1.165) is 6.54 Å². The van der Waals surface area contributed by atoms with Gasteiger partial charge in [-0.05, 0) is 32.1 Å². The average Bonchev–Trinajstić information content (AvgIpc) is 2.29. The molecule has 1 heterocycles. The molecule has 1 unspecified atom stereocenters. The Balaban J connectivity index is 2.25. The molecule has 3 N–H and O–H groups in total. The van der Waals surface area contributed by atoms with Gasteiger partial charge in [-0.1, -0.05) is 13.8 Å². The quantitative estimate of drug-likeness (QED) is 0.659. The lowest BCUT2D eigenvalue weighted by atomic mass is 10.0. The maximum Gasteiger partial charge on any atom is 0.321 e. The van der Waals surface area contributed by atoms with E-state index in [4.69, 9.17) is 0 Å². The summed E-state index contributed by atoms with van der Waals surface area (Å²) in [4.78, 5) is 24.4. The third-order valence-corrected chi connectivity index (χ3v) is 3.39. The van der Waals surface area contributed by atoms with Gasteiger partial charge in [0.1, 0.15) is 0 Å². The topological polar surface area (TPSA) is 62.6 Å². The summed E-state index contributed by atoms with van der Waals surface area (Å²) in [5, 5.41) is 5.07. The van der Waals surface area contributed by atoms with Gasteiger partial charge in [-0.3, -0.25) is 10.1 Å². The highest BCUT2D eigenvalue weighted by atomic mass is 16.2. The van der Waals surface area contributed by atoms with Crippen LogP contribution in [0.5, 0.6) is 0 Å². The second kappa shape index (κ2) is 7.36. The summed E-state index contributed by atoms with van der Waals surface area (Å²) < 4.78 is 0. The number of urea groups is 1. The first-order valence-corrected chi connectivity index (χ1v) is 6.91. The summed E-state index contributed by atoms with van der Waals surface area (Å²) in [6.45, 7) is 8.22. The van der Waals surface area contributed by atoms with Crippen molar-refractivity contribution in [2.24, 2.45) is 5.92 Å². The van der Waals surface area contributed by atoms with Crippen LogP contribution in [0.3, 0.4) is 0 Å². The molecule has 0 bridgehead atoms. The number of carbonyl (C=O) groups is 2. The van der Waals surface area contributed by atoms with Gasteiger partial charge >= 0.3 is 6.03 Å². The van der Waals surface area contributed by atoms with Crippen LogP contribution in [0.15, 0.2) is 0 Å². The molecule has 1 saturated heterocycles. The van der Waals surface area contributed by atoms with Crippen LogP contribution in [-0.4, -0.2) is 37.6 Å². The summed E-state index contributed by atoms with van der Waals surface area (Å²) in [7, 11) is 0. The fourth-order valence-electron chi connectivity index (χ4n) is 2.23. The number of carbonyl (C=O) groups excluding carboxylic acids is 2. The molecule has 0 aromatic carbocycles. The zero-order valence-electron chi connectivity index (χ0n) is 11.7. The minimum Gasteiger partial charge on any atom is -0.338 e. The fraction of sp³-hybridized carbons (Fsp3) is 0.846. The van der Waals surface area contributed by atoms with Crippen molar-refractivity contribution in [3.63, 3.8) is 0 Å². The van der Waals surface area contributed by atoms with Crippen LogP contribution in [0.1, 0.15) is 40.0 Å². The summed E-state index contributed by atoms with van der Waals surface area (Å²) in [5.74, 6) is 0.207. The summed E-state index contributed by atoms with van der Waals surface area (Å²) >= 11 is 0. The molecule has 0 spiro atoms. The molecular formula is C13H26N3O2+. The molecule has 104 valence electrons. The lowest BCUT2D eigenvalue weighted by molar-refractivity contribution is -0.920. The second-order valence-electron chi connectivity index (χ2n) is 5.63. The van der Waals surface area contributed by atoms with Crippen LogP contribution in [0, 0.1) is 5.92 Å². The number of amides is 3. The van der Waals surface area contributed by atoms with Crippen molar-refractivity contribution < 1.29 is 14.5 Å². The van der Waals surface area contributed by atoms with Crippen LogP contribution in [0.2, 0.25) is 0 Å². The number of imide groups is 1. The normalized spacial score (nSPS) is 23.8. The van der Waals surface area contributed by atoms with Gasteiger partial charge in [0.2, 0.25) is 0 Å². The standard InChI is InChI=1S/C13H25N3O2/c1-10(2)8-14-13(18)15-12(17)9-16-7-5-4-6-11(16)3/h10-11H,4-9H2,1-3H3,(H2,14,15,17,18)/p+1/t11-/m1/s1. The van der Waals surface area contributed by atoms with E-state index < -0.39 is 0 Å². The molecule has 2 atom stereocenters. The third kappa shape index (κ3) is 5.49. The van der Waals surface area contributed by atoms with Crippen LogP contribution in [0.4, 0.5) is 4.79 Å². The Kier molecular flexibility index (Phi) is 6.12. The number of quaternary nitrogens is 1. The van der Waals surface area contributed by atoms with Gasteiger partial charge in [-0.25, -0.2) is 4.79 Å². The second-order valence-corrected chi connectivity index (χ2v) is 5.63. The number of hydrogen-bond acceptors (Lipinski definition) is 2. The Bertz CT molecular complexity index is 292. The molecule has 0 aromatic rings. The number of rotatable bonds is 4. The van der Waals surface area contributed by atoms with Crippen molar-refractivity contribution in [3.05, 3.63) is 0 Å². The molecule has 1 rings (SSSR count). The predicted octanol–water partition coefficient (Wildman–Crippen LogP) is -0.0745. The zero-order valence-corrected chi connectivity index (χ0v) is 11.7. The van der Waals surface area contributed by atoms with Gasteiger partial charge in [0, 0.05) is 6.54 Å². The first kappa shape index (κ1) is 15.0. The lowest BCUT2D eigenvalue weighted by Crippen LogP contribution is -3.17. The van der Waals surface area contributed by atoms with E-state index in [0.29, 0.717) is 25.0 Å². The summed E-state index contributed by atoms with van der Waals surface area (Å²) in [5.41, 5.74) is 0. The lowest BCUT2D eigenvalue weighted by Gasteiger charge is -2.29. The van der Waals surface area contributed by atoms with E-state index in [9.17, 15) is 9.59 Å². The SMILES string of the molecule is CC(C)CNC(=O)NC(=O)C[NH+]1CCCC[C@H]1C. The fourth-order valence-corrected chi connectivity index (χ4v) is 2.23. The molecule has 5 heteroatoms. The van der Waals surface area contributed by atoms with Gasteiger partial charge < -0.3 is 10.2 Å².